The van der Waals surface area contributed by atoms with Gasteiger partial charge in [0.1, 0.15) is 0 Å². The molecule has 0 bridgehead atoms. The average Bonchev–Trinajstić information content (AvgIpc) is 2.73. The summed E-state index contributed by atoms with van der Waals surface area (Å²) in [5, 5.41) is 7.13. The van der Waals surface area contributed by atoms with Crippen LogP contribution in [-0.2, 0) is 9.13 Å². The van der Waals surface area contributed by atoms with Gasteiger partial charge in [-0.2, -0.15) is 0 Å². The zero-order valence-electron chi connectivity index (χ0n) is 18.9. The number of nitrogens with one attached hydrogen (secondary N) is 2. The molecule has 2 aromatic carbocycles. The van der Waals surface area contributed by atoms with Crippen LogP contribution in [0.1, 0.15) is 52.7 Å². The van der Waals surface area contributed by atoms with E-state index in [4.69, 9.17) is 0 Å². The molecule has 5 nitrogen and oxygen atoms in total. The minimum atomic E-state index is -3.30. The summed E-state index contributed by atoms with van der Waals surface area (Å²) in [6.07, 6.45) is 3.74. The lowest BCUT2D eigenvalue weighted by atomic mass is 10.2. The van der Waals surface area contributed by atoms with Gasteiger partial charge in [-0.3, -0.25) is 9.13 Å². The zero-order valence-corrected chi connectivity index (χ0v) is 20.7. The molecule has 0 amide bonds. The van der Waals surface area contributed by atoms with E-state index in [9.17, 15) is 14.0 Å². The fourth-order valence-corrected chi connectivity index (χ4v) is 4.93. The van der Waals surface area contributed by atoms with Crippen molar-refractivity contribution in [1.82, 2.24) is 0 Å². The molecule has 2 aromatic rings. The maximum absolute atomic E-state index is 11.9. The summed E-state index contributed by atoms with van der Waals surface area (Å²) in [6.45, 7) is 13.3. The van der Waals surface area contributed by atoms with Gasteiger partial charge < -0.3 is 15.1 Å². The summed E-state index contributed by atoms with van der Waals surface area (Å²) in [6, 6.07) is 15.3. The molecule has 2 aliphatic rings. The fourth-order valence-electron chi connectivity index (χ4n) is 2.68. The molecule has 0 aliphatic carbocycles. The Morgan fingerprint density at radius 2 is 1.10 bits per heavy atom. The van der Waals surface area contributed by atoms with Crippen LogP contribution >= 0.6 is 14.8 Å². The molecule has 4 rings (SSSR count). The molecule has 7 heteroatoms. The first-order valence-electron chi connectivity index (χ1n) is 10.2. The topological polar surface area (TPSA) is 78.4 Å². The summed E-state index contributed by atoms with van der Waals surface area (Å²) in [5.41, 5.74) is 3.77. The molecule has 3 N–H and O–H groups in total. The van der Waals surface area contributed by atoms with Crippen molar-refractivity contribution in [3.8, 4) is 0 Å². The lowest BCUT2D eigenvalue weighted by Gasteiger charge is -2.23. The Morgan fingerprint density at radius 1 is 0.700 bits per heavy atom. The highest BCUT2D eigenvalue weighted by Crippen LogP contribution is 2.54. The molecule has 30 heavy (non-hydrogen) atoms. The number of rotatable bonds is 0. The number of benzene rings is 2. The molecule has 2 heterocycles. The van der Waals surface area contributed by atoms with E-state index in [-0.39, 0.29) is 0 Å². The van der Waals surface area contributed by atoms with Gasteiger partial charge in [0.15, 0.2) is 7.29 Å². The maximum atomic E-state index is 11.9. The second-order valence-electron chi connectivity index (χ2n) is 6.47. The summed E-state index contributed by atoms with van der Waals surface area (Å²) in [5.74, 6) is 0. The minimum Gasteiger partial charge on any atom is -0.333 e. The van der Waals surface area contributed by atoms with E-state index in [0.29, 0.717) is 5.31 Å². The zero-order chi connectivity index (χ0) is 22.9. The van der Waals surface area contributed by atoms with E-state index in [1.807, 2.05) is 83.2 Å². The van der Waals surface area contributed by atoms with Crippen LogP contribution < -0.4 is 10.2 Å². The van der Waals surface area contributed by atoms with E-state index in [2.05, 4.69) is 10.2 Å². The molecule has 0 fully saturated rings. The molecule has 2 atom stereocenters. The van der Waals surface area contributed by atoms with Crippen LogP contribution in [0.2, 0.25) is 0 Å². The highest BCUT2D eigenvalue weighted by atomic mass is 31.2. The van der Waals surface area contributed by atoms with E-state index >= 15 is 0 Å². The Labute approximate surface area is 181 Å². The number of hydrogen-bond acceptors (Lipinski definition) is 2. The van der Waals surface area contributed by atoms with Gasteiger partial charge in [0.2, 0.25) is 0 Å². The smallest absolute Gasteiger partial charge is 0.317 e. The SMILES string of the molecule is CC.CC.CC1=Cc2ccccc2NP1(=O)O.CC1=Cc2ccccc2NP1(C)=O. The van der Waals surface area contributed by atoms with Crippen LogP contribution in [0.5, 0.6) is 0 Å². The van der Waals surface area contributed by atoms with Gasteiger partial charge in [0, 0.05) is 28.7 Å². The van der Waals surface area contributed by atoms with Gasteiger partial charge in [-0.15, -0.1) is 0 Å². The first-order chi connectivity index (χ1) is 14.2. The monoisotopic (exact) mass is 448 g/mol. The maximum Gasteiger partial charge on any atom is 0.317 e. The van der Waals surface area contributed by atoms with Gasteiger partial charge in [-0.1, -0.05) is 64.1 Å². The van der Waals surface area contributed by atoms with Crippen molar-refractivity contribution in [2.75, 3.05) is 16.8 Å². The van der Waals surface area contributed by atoms with E-state index < -0.39 is 14.8 Å². The van der Waals surface area contributed by atoms with Crippen LogP contribution in [0.3, 0.4) is 0 Å². The number of hydrogen-bond donors (Lipinski definition) is 3. The van der Waals surface area contributed by atoms with Crippen molar-refractivity contribution in [2.24, 2.45) is 0 Å². The molecule has 0 radical (unpaired) electrons. The van der Waals surface area contributed by atoms with Gasteiger partial charge in [0.05, 0.1) is 0 Å². The first kappa shape index (κ1) is 26.0. The number of anilines is 2. The Kier molecular flexibility index (Phi) is 9.84. The minimum absolute atomic E-state index is 0.492. The fraction of sp³-hybridized carbons (Fsp3) is 0.304. The van der Waals surface area contributed by atoms with Crippen LogP contribution in [0.15, 0.2) is 59.2 Å². The van der Waals surface area contributed by atoms with Crippen LogP contribution in [-0.4, -0.2) is 11.6 Å². The molecule has 0 spiro atoms. The molecular formula is C23H34N2O3P2. The normalized spacial score (nSPS) is 22.8. The Hall–Kier alpha value is -2.06. The highest BCUT2D eigenvalue weighted by molar-refractivity contribution is 7.69. The van der Waals surface area contributed by atoms with Crippen molar-refractivity contribution in [2.45, 2.75) is 41.5 Å². The predicted molar refractivity (Wildman–Crippen MR) is 133 cm³/mol. The van der Waals surface area contributed by atoms with Crippen molar-refractivity contribution >= 4 is 38.3 Å². The Balaban J connectivity index is 0.000000258. The largest absolute Gasteiger partial charge is 0.333 e. The Bertz CT molecular complexity index is 932. The summed E-state index contributed by atoms with van der Waals surface area (Å²) < 4.78 is 23.5. The summed E-state index contributed by atoms with van der Waals surface area (Å²) >= 11 is 0. The van der Waals surface area contributed by atoms with E-state index in [1.165, 1.54) is 0 Å². The lowest BCUT2D eigenvalue weighted by molar-refractivity contribution is 0.491. The third kappa shape index (κ3) is 6.47. The third-order valence-corrected chi connectivity index (χ3v) is 8.18. The highest BCUT2D eigenvalue weighted by Gasteiger charge is 2.25. The predicted octanol–water partition coefficient (Wildman–Crippen LogP) is 8.09. The van der Waals surface area contributed by atoms with Crippen molar-refractivity contribution < 1.29 is 14.0 Å². The third-order valence-electron chi connectivity index (χ3n) is 4.41. The van der Waals surface area contributed by atoms with Crippen LogP contribution in [0.4, 0.5) is 11.4 Å². The number of para-hydroxylation sites is 2. The lowest BCUT2D eigenvalue weighted by Crippen LogP contribution is -2.03. The number of allylic oxidation sites excluding steroid dienone is 2. The van der Waals surface area contributed by atoms with Gasteiger partial charge in [-0.25, -0.2) is 0 Å². The first-order valence-corrected chi connectivity index (χ1v) is 14.0. The van der Waals surface area contributed by atoms with Crippen LogP contribution in [0, 0.1) is 0 Å². The standard InChI is InChI=1S/C10H12NOP.C9H10NO2P.2C2H6/c1-8-7-9-5-3-4-6-10(9)11-13(8,2)12;1-7-6-8-4-2-3-5-9(8)10-13(7,11)12;2*1-2/h3-7H,1-2H3,(H,11,12);2-6H,1H3,(H2,10,11,12);2*1-2H3. The average molecular weight is 448 g/mol. The molecule has 164 valence electrons. The van der Waals surface area contributed by atoms with Gasteiger partial charge in [-0.05, 0) is 49.3 Å². The molecule has 0 saturated carbocycles. The summed E-state index contributed by atoms with van der Waals surface area (Å²) in [7, 11) is -5.60. The quantitative estimate of drug-likeness (QED) is 0.355. The van der Waals surface area contributed by atoms with Crippen molar-refractivity contribution in [3.63, 3.8) is 0 Å². The molecule has 2 aliphatic heterocycles. The number of fused-ring (bicyclic) bond motifs is 2. The second kappa shape index (κ2) is 11.4. The summed E-state index contributed by atoms with van der Waals surface area (Å²) in [4.78, 5) is 9.47. The second-order valence-corrected chi connectivity index (χ2v) is 11.3. The van der Waals surface area contributed by atoms with E-state index in [1.54, 1.807) is 25.7 Å². The molecule has 0 saturated heterocycles. The molecular weight excluding hydrogens is 414 g/mol. The van der Waals surface area contributed by atoms with Gasteiger partial charge in [0.25, 0.3) is 0 Å². The molecule has 2 unspecified atom stereocenters. The molecule has 0 aromatic heterocycles. The Morgan fingerprint density at radius 3 is 1.60 bits per heavy atom. The van der Waals surface area contributed by atoms with Crippen molar-refractivity contribution in [3.05, 3.63) is 70.3 Å². The van der Waals surface area contributed by atoms with Crippen molar-refractivity contribution in [1.29, 1.82) is 0 Å². The van der Waals surface area contributed by atoms with Gasteiger partial charge >= 0.3 is 7.52 Å². The van der Waals surface area contributed by atoms with Crippen LogP contribution in [0.25, 0.3) is 12.2 Å². The van der Waals surface area contributed by atoms with E-state index in [0.717, 1.165) is 27.8 Å².